The van der Waals surface area contributed by atoms with E-state index in [0.29, 0.717) is 0 Å². The van der Waals surface area contributed by atoms with Gasteiger partial charge in [0, 0.05) is 0 Å². The molecule has 72 valence electrons. The summed E-state index contributed by atoms with van der Waals surface area (Å²) < 4.78 is 39.2. The Kier molecular flexibility index (Phi) is 4.23. The van der Waals surface area contributed by atoms with Crippen LogP contribution in [0.4, 0.5) is 13.2 Å². The van der Waals surface area contributed by atoms with Crippen molar-refractivity contribution in [2.45, 2.75) is 32.5 Å². The van der Waals surface area contributed by atoms with Crippen LogP contribution in [-0.2, 0) is 9.53 Å². The van der Waals surface area contributed by atoms with E-state index in [1.807, 2.05) is 0 Å². The first kappa shape index (κ1) is 11.4. The fourth-order valence-corrected chi connectivity index (χ4v) is 0.469. The van der Waals surface area contributed by atoms with Gasteiger partial charge < -0.3 is 4.74 Å². The summed E-state index contributed by atoms with van der Waals surface area (Å²) in [4.78, 5) is 10.5. The summed E-state index contributed by atoms with van der Waals surface area (Å²) in [6, 6.07) is 0. The second-order valence-corrected chi connectivity index (χ2v) is 2.49. The molecule has 0 rings (SSSR count). The number of ketones is 1. The van der Waals surface area contributed by atoms with Gasteiger partial charge in [-0.3, -0.25) is 4.79 Å². The van der Waals surface area contributed by atoms with Crippen molar-refractivity contribution in [3.05, 3.63) is 0 Å². The predicted octanol–water partition coefficient (Wildman–Crippen LogP) is 1.93. The van der Waals surface area contributed by atoms with Crippen LogP contribution in [0.5, 0.6) is 0 Å². The molecule has 1 unspecified atom stereocenters. The maximum Gasteiger partial charge on any atom is 0.391 e. The van der Waals surface area contributed by atoms with Crippen molar-refractivity contribution >= 4 is 5.78 Å². The summed E-state index contributed by atoms with van der Waals surface area (Å²) in [6.45, 7) is 2.25. The average Bonchev–Trinajstić information content (AvgIpc) is 1.84. The Bertz CT molecular complexity index is 153. The Morgan fingerprint density at radius 3 is 2.33 bits per heavy atom. The number of hydrogen-bond acceptors (Lipinski definition) is 2. The monoisotopic (exact) mass is 184 g/mol. The Morgan fingerprint density at radius 2 is 2.00 bits per heavy atom. The normalized spacial score (nSPS) is 14.4. The highest BCUT2D eigenvalue weighted by Crippen LogP contribution is 2.19. The van der Waals surface area contributed by atoms with Crippen molar-refractivity contribution in [3.8, 4) is 0 Å². The molecule has 0 saturated heterocycles. The molecule has 12 heavy (non-hydrogen) atoms. The van der Waals surface area contributed by atoms with Crippen LogP contribution in [0.15, 0.2) is 0 Å². The van der Waals surface area contributed by atoms with E-state index in [2.05, 4.69) is 4.74 Å². The van der Waals surface area contributed by atoms with E-state index >= 15 is 0 Å². The van der Waals surface area contributed by atoms with E-state index < -0.39 is 25.3 Å². The minimum Gasteiger partial charge on any atom is -0.370 e. The molecule has 0 bridgehead atoms. The average molecular weight is 184 g/mol. The first-order chi connectivity index (χ1) is 5.33. The number of carbonyl (C=O) groups excluding carboxylic acids is 1. The smallest absolute Gasteiger partial charge is 0.370 e. The molecule has 5 heteroatoms. The van der Waals surface area contributed by atoms with Crippen molar-refractivity contribution in [2.75, 3.05) is 6.61 Å². The van der Waals surface area contributed by atoms with E-state index in [4.69, 9.17) is 0 Å². The summed E-state index contributed by atoms with van der Waals surface area (Å²) in [5.41, 5.74) is 0. The molecule has 0 aromatic carbocycles. The van der Waals surface area contributed by atoms with Crippen molar-refractivity contribution in [1.82, 2.24) is 0 Å². The van der Waals surface area contributed by atoms with Crippen LogP contribution >= 0.6 is 0 Å². The molecule has 0 heterocycles. The lowest BCUT2D eigenvalue weighted by Crippen LogP contribution is -2.21. The number of rotatable bonds is 4. The zero-order valence-electron chi connectivity index (χ0n) is 6.94. The van der Waals surface area contributed by atoms with Gasteiger partial charge in [-0.05, 0) is 13.8 Å². The number of hydrogen-bond donors (Lipinski definition) is 0. The van der Waals surface area contributed by atoms with Gasteiger partial charge >= 0.3 is 6.18 Å². The summed E-state index contributed by atoms with van der Waals surface area (Å²) in [5.74, 6) is -0.267. The van der Waals surface area contributed by atoms with Crippen molar-refractivity contribution < 1.29 is 22.7 Å². The summed E-state index contributed by atoms with van der Waals surface area (Å²) in [6.07, 6.45) is -5.96. The highest BCUT2D eigenvalue weighted by molar-refractivity contribution is 5.79. The molecule has 0 radical (unpaired) electrons. The maximum atomic E-state index is 11.5. The lowest BCUT2D eigenvalue weighted by Gasteiger charge is -2.10. The van der Waals surface area contributed by atoms with Crippen LogP contribution in [0.2, 0.25) is 0 Å². The topological polar surface area (TPSA) is 26.3 Å². The highest BCUT2D eigenvalue weighted by Gasteiger charge is 2.27. The second-order valence-electron chi connectivity index (χ2n) is 2.49. The molecular weight excluding hydrogens is 173 g/mol. The Morgan fingerprint density at radius 1 is 1.50 bits per heavy atom. The van der Waals surface area contributed by atoms with E-state index in [1.165, 1.54) is 13.8 Å². The van der Waals surface area contributed by atoms with Gasteiger partial charge in [0.2, 0.25) is 0 Å². The second kappa shape index (κ2) is 4.45. The Balaban J connectivity index is 3.51. The van der Waals surface area contributed by atoms with E-state index in [0.717, 1.165) is 0 Å². The summed E-state index contributed by atoms with van der Waals surface area (Å²) >= 11 is 0. The molecule has 0 spiro atoms. The standard InChI is InChI=1S/C7H11F3O2/c1-5(11)6(2)12-4-3-7(8,9)10/h6H,3-4H2,1-2H3. The molecular formula is C7H11F3O2. The molecule has 0 N–H and O–H groups in total. The molecule has 1 atom stereocenters. The molecule has 2 nitrogen and oxygen atoms in total. The number of carbonyl (C=O) groups is 1. The zero-order chi connectivity index (χ0) is 9.78. The fourth-order valence-electron chi connectivity index (χ4n) is 0.469. The molecule has 0 aromatic rings. The van der Waals surface area contributed by atoms with Crippen LogP contribution in [0, 0.1) is 0 Å². The summed E-state index contributed by atoms with van der Waals surface area (Å²) in [7, 11) is 0. The maximum absolute atomic E-state index is 11.5. The van der Waals surface area contributed by atoms with Gasteiger partial charge in [-0.1, -0.05) is 0 Å². The quantitative estimate of drug-likeness (QED) is 0.667. The van der Waals surface area contributed by atoms with Crippen LogP contribution in [0.1, 0.15) is 20.3 Å². The van der Waals surface area contributed by atoms with E-state index in [-0.39, 0.29) is 5.78 Å². The first-order valence-corrected chi connectivity index (χ1v) is 3.52. The largest absolute Gasteiger partial charge is 0.391 e. The number of ether oxygens (including phenoxy) is 1. The van der Waals surface area contributed by atoms with Gasteiger partial charge in [0.05, 0.1) is 13.0 Å². The molecule has 0 fully saturated rings. The summed E-state index contributed by atoms with van der Waals surface area (Å²) in [5, 5.41) is 0. The Labute approximate surface area is 68.7 Å². The number of Topliss-reactive ketones (excluding diaryl/α,β-unsaturated/α-hetero) is 1. The zero-order valence-corrected chi connectivity index (χ0v) is 6.94. The van der Waals surface area contributed by atoms with E-state index in [1.54, 1.807) is 0 Å². The SMILES string of the molecule is CC(=O)C(C)OCCC(F)(F)F. The number of halogens is 3. The molecule has 0 saturated carbocycles. The lowest BCUT2D eigenvalue weighted by molar-refractivity contribution is -0.152. The molecule has 0 aliphatic heterocycles. The fraction of sp³-hybridized carbons (Fsp3) is 0.857. The molecule has 0 aliphatic carbocycles. The highest BCUT2D eigenvalue weighted by atomic mass is 19.4. The van der Waals surface area contributed by atoms with Crippen LogP contribution in [-0.4, -0.2) is 24.7 Å². The number of alkyl halides is 3. The minimum absolute atomic E-state index is 0.267. The van der Waals surface area contributed by atoms with Gasteiger partial charge in [0.15, 0.2) is 5.78 Å². The van der Waals surface area contributed by atoms with Gasteiger partial charge in [-0.25, -0.2) is 0 Å². The van der Waals surface area contributed by atoms with Crippen LogP contribution in [0.25, 0.3) is 0 Å². The van der Waals surface area contributed by atoms with E-state index in [9.17, 15) is 18.0 Å². The third-order valence-electron chi connectivity index (χ3n) is 1.33. The lowest BCUT2D eigenvalue weighted by atomic mass is 10.3. The van der Waals surface area contributed by atoms with Crippen molar-refractivity contribution in [3.63, 3.8) is 0 Å². The van der Waals surface area contributed by atoms with Crippen molar-refractivity contribution in [1.29, 1.82) is 0 Å². The van der Waals surface area contributed by atoms with Gasteiger partial charge in [0.1, 0.15) is 6.10 Å². The van der Waals surface area contributed by atoms with Crippen molar-refractivity contribution in [2.24, 2.45) is 0 Å². The Hall–Kier alpha value is -0.580. The minimum atomic E-state index is -4.21. The third kappa shape index (κ3) is 6.15. The third-order valence-corrected chi connectivity index (χ3v) is 1.33. The predicted molar refractivity (Wildman–Crippen MR) is 36.8 cm³/mol. The van der Waals surface area contributed by atoms with Crippen LogP contribution < -0.4 is 0 Å². The molecule has 0 aliphatic rings. The van der Waals surface area contributed by atoms with Gasteiger partial charge in [-0.15, -0.1) is 0 Å². The first-order valence-electron chi connectivity index (χ1n) is 3.52. The molecule has 0 aromatic heterocycles. The van der Waals surface area contributed by atoms with Gasteiger partial charge in [-0.2, -0.15) is 13.2 Å². The molecule has 0 amide bonds. The van der Waals surface area contributed by atoms with Gasteiger partial charge in [0.25, 0.3) is 0 Å². The van der Waals surface area contributed by atoms with Crippen LogP contribution in [0.3, 0.4) is 0 Å².